The first-order valence-electron chi connectivity index (χ1n) is 5.79. The summed E-state index contributed by atoms with van der Waals surface area (Å²) < 4.78 is 13.1. The van der Waals surface area contributed by atoms with E-state index in [9.17, 15) is 4.39 Å². The Bertz CT molecular complexity index is 512. The number of benzene rings is 1. The maximum atomic E-state index is 13.1. The first-order valence-corrected chi connectivity index (χ1v) is 6.67. The van der Waals surface area contributed by atoms with Crippen LogP contribution in [0.2, 0.25) is 0 Å². The summed E-state index contributed by atoms with van der Waals surface area (Å²) in [7, 11) is 0. The third-order valence-corrected chi connectivity index (χ3v) is 3.55. The number of nitrogens with zero attached hydrogens (tertiary/aromatic N) is 1. The van der Waals surface area contributed by atoms with Gasteiger partial charge in [0.2, 0.25) is 0 Å². The molecule has 0 saturated carbocycles. The Hall–Kier alpha value is -1.30. The summed E-state index contributed by atoms with van der Waals surface area (Å²) in [6.45, 7) is 1.98. The number of aryl methyl sites for hydroxylation is 1. The van der Waals surface area contributed by atoms with Gasteiger partial charge in [0.25, 0.3) is 0 Å². The highest BCUT2D eigenvalue weighted by atomic mass is 32.1. The fourth-order valence-electron chi connectivity index (χ4n) is 1.89. The van der Waals surface area contributed by atoms with E-state index in [1.54, 1.807) is 17.4 Å². The van der Waals surface area contributed by atoms with Crippen molar-refractivity contribution in [1.82, 2.24) is 10.4 Å². The Morgan fingerprint density at radius 2 is 2.28 bits per heavy atom. The second kappa shape index (κ2) is 6.04. The SMILES string of the molecule is Cc1nc(CC(Cc2cccc(F)c2)NN)cs1. The third-order valence-electron chi connectivity index (χ3n) is 2.73. The molecule has 0 aliphatic rings. The molecule has 1 heterocycles. The van der Waals surface area contributed by atoms with Crippen molar-refractivity contribution < 1.29 is 4.39 Å². The molecule has 1 atom stereocenters. The maximum Gasteiger partial charge on any atom is 0.123 e. The summed E-state index contributed by atoms with van der Waals surface area (Å²) in [5.41, 5.74) is 4.73. The summed E-state index contributed by atoms with van der Waals surface area (Å²) in [6, 6.07) is 6.66. The van der Waals surface area contributed by atoms with Crippen LogP contribution in [-0.4, -0.2) is 11.0 Å². The van der Waals surface area contributed by atoms with Gasteiger partial charge in [0.05, 0.1) is 10.7 Å². The van der Waals surface area contributed by atoms with Crippen molar-refractivity contribution in [3.05, 3.63) is 51.7 Å². The van der Waals surface area contributed by atoms with E-state index in [4.69, 9.17) is 5.84 Å². The average molecular weight is 265 g/mol. The molecule has 5 heteroatoms. The van der Waals surface area contributed by atoms with Crippen LogP contribution in [0.5, 0.6) is 0 Å². The molecule has 1 unspecified atom stereocenters. The van der Waals surface area contributed by atoms with Gasteiger partial charge in [-0.25, -0.2) is 9.37 Å². The van der Waals surface area contributed by atoms with E-state index in [2.05, 4.69) is 10.4 Å². The minimum atomic E-state index is -0.215. The van der Waals surface area contributed by atoms with Gasteiger partial charge >= 0.3 is 0 Å². The van der Waals surface area contributed by atoms with Crippen molar-refractivity contribution >= 4 is 11.3 Å². The molecular formula is C13H16FN3S. The number of rotatable bonds is 5. The topological polar surface area (TPSA) is 50.9 Å². The number of hydrogen-bond donors (Lipinski definition) is 2. The zero-order valence-corrected chi connectivity index (χ0v) is 11.0. The molecule has 0 aliphatic heterocycles. The van der Waals surface area contributed by atoms with Crippen LogP contribution >= 0.6 is 11.3 Å². The molecule has 0 fully saturated rings. The molecule has 96 valence electrons. The minimum Gasteiger partial charge on any atom is -0.271 e. The monoisotopic (exact) mass is 265 g/mol. The summed E-state index contributed by atoms with van der Waals surface area (Å²) in [6.07, 6.45) is 1.43. The summed E-state index contributed by atoms with van der Waals surface area (Å²) in [5.74, 6) is 5.33. The molecule has 2 aromatic rings. The van der Waals surface area contributed by atoms with E-state index in [1.165, 1.54) is 12.1 Å². The third kappa shape index (κ3) is 3.60. The number of hydrazine groups is 1. The van der Waals surface area contributed by atoms with Crippen LogP contribution in [0.1, 0.15) is 16.3 Å². The molecule has 0 bridgehead atoms. The van der Waals surface area contributed by atoms with E-state index in [-0.39, 0.29) is 11.9 Å². The number of aromatic nitrogens is 1. The second-order valence-electron chi connectivity index (χ2n) is 4.26. The number of nitrogens with two attached hydrogens (primary N) is 1. The molecule has 0 spiro atoms. The van der Waals surface area contributed by atoms with Gasteiger partial charge in [0, 0.05) is 17.8 Å². The van der Waals surface area contributed by atoms with E-state index < -0.39 is 0 Å². The van der Waals surface area contributed by atoms with E-state index in [0.717, 1.165) is 22.7 Å². The van der Waals surface area contributed by atoms with Crippen LogP contribution in [0, 0.1) is 12.7 Å². The van der Waals surface area contributed by atoms with Crippen molar-refractivity contribution in [2.75, 3.05) is 0 Å². The first-order chi connectivity index (χ1) is 8.67. The minimum absolute atomic E-state index is 0.0632. The number of nitrogens with one attached hydrogen (secondary N) is 1. The molecule has 2 rings (SSSR count). The van der Waals surface area contributed by atoms with Gasteiger partial charge in [-0.15, -0.1) is 11.3 Å². The van der Waals surface area contributed by atoms with Crippen LogP contribution in [0.15, 0.2) is 29.6 Å². The standard InChI is InChI=1S/C13H16FN3S/c1-9-16-13(8-18-9)7-12(17-15)6-10-3-2-4-11(14)5-10/h2-5,8,12,17H,6-7,15H2,1H3. The Labute approximate surface area is 110 Å². The Morgan fingerprint density at radius 3 is 2.89 bits per heavy atom. The van der Waals surface area contributed by atoms with Crippen molar-refractivity contribution in [3.63, 3.8) is 0 Å². The van der Waals surface area contributed by atoms with Gasteiger partial charge in [-0.1, -0.05) is 12.1 Å². The van der Waals surface area contributed by atoms with E-state index in [0.29, 0.717) is 6.42 Å². The van der Waals surface area contributed by atoms with Crippen LogP contribution < -0.4 is 11.3 Å². The highest BCUT2D eigenvalue weighted by Gasteiger charge is 2.11. The van der Waals surface area contributed by atoms with Gasteiger partial charge in [-0.2, -0.15) is 0 Å². The Kier molecular flexibility index (Phi) is 4.41. The van der Waals surface area contributed by atoms with E-state index >= 15 is 0 Å². The lowest BCUT2D eigenvalue weighted by molar-refractivity contribution is 0.516. The molecular weight excluding hydrogens is 249 g/mol. The van der Waals surface area contributed by atoms with Gasteiger partial charge in [-0.05, 0) is 31.0 Å². The van der Waals surface area contributed by atoms with Gasteiger partial charge in [-0.3, -0.25) is 11.3 Å². The summed E-state index contributed by atoms with van der Waals surface area (Å²) in [5, 5.41) is 3.08. The molecule has 0 saturated heterocycles. The molecule has 1 aromatic carbocycles. The fourth-order valence-corrected chi connectivity index (χ4v) is 2.52. The smallest absolute Gasteiger partial charge is 0.123 e. The zero-order valence-electron chi connectivity index (χ0n) is 10.2. The van der Waals surface area contributed by atoms with Crippen LogP contribution in [0.3, 0.4) is 0 Å². The lowest BCUT2D eigenvalue weighted by Crippen LogP contribution is -2.38. The van der Waals surface area contributed by atoms with E-state index in [1.807, 2.05) is 18.4 Å². The lowest BCUT2D eigenvalue weighted by atomic mass is 10.0. The number of thiazole rings is 1. The van der Waals surface area contributed by atoms with Crippen LogP contribution in [0.25, 0.3) is 0 Å². The Balaban J connectivity index is 2.01. The van der Waals surface area contributed by atoms with Crippen LogP contribution in [0.4, 0.5) is 4.39 Å². The maximum absolute atomic E-state index is 13.1. The first kappa shape index (κ1) is 13.1. The quantitative estimate of drug-likeness (QED) is 0.644. The summed E-state index contributed by atoms with van der Waals surface area (Å²) in [4.78, 5) is 4.41. The van der Waals surface area contributed by atoms with Gasteiger partial charge in [0.15, 0.2) is 0 Å². The van der Waals surface area contributed by atoms with Crippen molar-refractivity contribution in [1.29, 1.82) is 0 Å². The van der Waals surface area contributed by atoms with Crippen molar-refractivity contribution in [2.24, 2.45) is 5.84 Å². The molecule has 0 amide bonds. The average Bonchev–Trinajstić information content (AvgIpc) is 2.74. The predicted octanol–water partition coefficient (Wildman–Crippen LogP) is 2.21. The highest BCUT2D eigenvalue weighted by Crippen LogP contribution is 2.13. The molecule has 3 N–H and O–H groups in total. The second-order valence-corrected chi connectivity index (χ2v) is 5.32. The van der Waals surface area contributed by atoms with Crippen molar-refractivity contribution in [3.8, 4) is 0 Å². The molecule has 1 aromatic heterocycles. The molecule has 0 radical (unpaired) electrons. The fraction of sp³-hybridized carbons (Fsp3) is 0.308. The Morgan fingerprint density at radius 1 is 1.44 bits per heavy atom. The highest BCUT2D eigenvalue weighted by molar-refractivity contribution is 7.09. The van der Waals surface area contributed by atoms with Gasteiger partial charge < -0.3 is 0 Å². The van der Waals surface area contributed by atoms with Gasteiger partial charge in [0.1, 0.15) is 5.82 Å². The normalized spacial score (nSPS) is 12.6. The van der Waals surface area contributed by atoms with Crippen LogP contribution in [-0.2, 0) is 12.8 Å². The molecule has 0 aliphatic carbocycles. The van der Waals surface area contributed by atoms with Crippen molar-refractivity contribution in [2.45, 2.75) is 25.8 Å². The molecule has 3 nitrogen and oxygen atoms in total. The largest absolute Gasteiger partial charge is 0.271 e. The zero-order chi connectivity index (χ0) is 13.0. The molecule has 18 heavy (non-hydrogen) atoms. The summed E-state index contributed by atoms with van der Waals surface area (Å²) >= 11 is 1.63. The lowest BCUT2D eigenvalue weighted by Gasteiger charge is -2.14. The number of hydrogen-bond acceptors (Lipinski definition) is 4. The predicted molar refractivity (Wildman–Crippen MR) is 71.8 cm³/mol. The number of halogens is 1.